The molecule has 6 nitrogen and oxygen atoms in total. The third-order valence-electron chi connectivity index (χ3n) is 4.95. The topological polar surface area (TPSA) is 75.7 Å². The Morgan fingerprint density at radius 2 is 1.86 bits per heavy atom. The molecule has 1 heterocycles. The molecule has 1 N–H and O–H groups in total. The van der Waals surface area contributed by atoms with Crippen molar-refractivity contribution in [3.8, 4) is 5.75 Å². The van der Waals surface area contributed by atoms with Crippen molar-refractivity contribution in [3.63, 3.8) is 0 Å². The van der Waals surface area contributed by atoms with Crippen LogP contribution in [0.3, 0.4) is 0 Å². The number of ether oxygens (including phenoxy) is 1. The summed E-state index contributed by atoms with van der Waals surface area (Å²) in [4.78, 5) is 37.8. The Balaban J connectivity index is 1.49. The molecule has 0 atom stereocenters. The second-order valence-electron chi connectivity index (χ2n) is 6.82. The van der Waals surface area contributed by atoms with Gasteiger partial charge in [0.05, 0.1) is 16.9 Å². The van der Waals surface area contributed by atoms with Crippen LogP contribution in [0.25, 0.3) is 10.8 Å². The van der Waals surface area contributed by atoms with E-state index in [1.807, 2.05) is 42.5 Å². The van der Waals surface area contributed by atoms with E-state index in [0.29, 0.717) is 35.7 Å². The Labute approximate surface area is 168 Å². The molecule has 29 heavy (non-hydrogen) atoms. The van der Waals surface area contributed by atoms with Gasteiger partial charge in [0.15, 0.2) is 12.9 Å². The number of para-hydroxylation sites is 2. The van der Waals surface area contributed by atoms with Crippen LogP contribution in [-0.4, -0.2) is 31.3 Å². The van der Waals surface area contributed by atoms with Gasteiger partial charge in [-0.15, -0.1) is 0 Å². The van der Waals surface area contributed by atoms with Gasteiger partial charge >= 0.3 is 0 Å². The SMILES string of the molecule is O=Cc1c(OCC(=O)Nc2ccccc2N2CCCC2=O)ccc2ccccc12. The molecular formula is C23H20N2O4. The lowest BCUT2D eigenvalue weighted by molar-refractivity contribution is -0.118. The predicted octanol–water partition coefficient (Wildman–Crippen LogP) is 3.80. The van der Waals surface area contributed by atoms with Gasteiger partial charge in [0, 0.05) is 13.0 Å². The van der Waals surface area contributed by atoms with Crippen LogP contribution in [0.5, 0.6) is 5.75 Å². The first kappa shape index (κ1) is 18.7. The second-order valence-corrected chi connectivity index (χ2v) is 6.82. The highest BCUT2D eigenvalue weighted by atomic mass is 16.5. The van der Waals surface area contributed by atoms with Gasteiger partial charge in [0.1, 0.15) is 5.75 Å². The minimum absolute atomic E-state index is 0.0507. The highest BCUT2D eigenvalue weighted by Gasteiger charge is 2.24. The Bertz CT molecular complexity index is 1090. The van der Waals surface area contributed by atoms with E-state index in [2.05, 4.69) is 5.32 Å². The fourth-order valence-corrected chi connectivity index (χ4v) is 3.57. The first-order valence-electron chi connectivity index (χ1n) is 9.46. The van der Waals surface area contributed by atoms with Crippen molar-refractivity contribution in [2.24, 2.45) is 0 Å². The van der Waals surface area contributed by atoms with Crippen LogP contribution in [-0.2, 0) is 9.59 Å². The molecule has 1 aliphatic rings. The first-order valence-corrected chi connectivity index (χ1v) is 9.46. The van der Waals surface area contributed by atoms with Crippen molar-refractivity contribution in [1.29, 1.82) is 0 Å². The van der Waals surface area contributed by atoms with Crippen molar-refractivity contribution in [3.05, 3.63) is 66.2 Å². The van der Waals surface area contributed by atoms with Crippen molar-refractivity contribution in [2.45, 2.75) is 12.8 Å². The predicted molar refractivity (Wildman–Crippen MR) is 111 cm³/mol. The zero-order valence-electron chi connectivity index (χ0n) is 15.8. The van der Waals surface area contributed by atoms with Gasteiger partial charge in [-0.25, -0.2) is 0 Å². The molecule has 1 fully saturated rings. The Hall–Kier alpha value is -3.67. The lowest BCUT2D eigenvalue weighted by atomic mass is 10.0. The van der Waals surface area contributed by atoms with Gasteiger partial charge in [0.2, 0.25) is 5.91 Å². The summed E-state index contributed by atoms with van der Waals surface area (Å²) in [6.07, 6.45) is 2.06. The molecule has 1 saturated heterocycles. The van der Waals surface area contributed by atoms with E-state index < -0.39 is 0 Å². The van der Waals surface area contributed by atoms with E-state index in [1.54, 1.807) is 23.1 Å². The summed E-state index contributed by atoms with van der Waals surface area (Å²) in [7, 11) is 0. The van der Waals surface area contributed by atoms with Crippen LogP contribution in [0.15, 0.2) is 60.7 Å². The highest BCUT2D eigenvalue weighted by molar-refractivity contribution is 6.03. The maximum atomic E-state index is 12.5. The third kappa shape index (κ3) is 3.82. The second kappa shape index (κ2) is 8.14. The maximum Gasteiger partial charge on any atom is 0.262 e. The number of nitrogens with one attached hydrogen (secondary N) is 1. The average molecular weight is 388 g/mol. The fraction of sp³-hybridized carbons (Fsp3) is 0.174. The third-order valence-corrected chi connectivity index (χ3v) is 4.95. The summed E-state index contributed by atoms with van der Waals surface area (Å²) >= 11 is 0. The summed E-state index contributed by atoms with van der Waals surface area (Å²) in [6, 6.07) is 18.2. The maximum absolute atomic E-state index is 12.5. The van der Waals surface area contributed by atoms with Crippen LogP contribution in [0, 0.1) is 0 Å². The van der Waals surface area contributed by atoms with E-state index >= 15 is 0 Å². The molecule has 3 aromatic rings. The van der Waals surface area contributed by atoms with Gasteiger partial charge in [-0.2, -0.15) is 0 Å². The number of rotatable bonds is 6. The van der Waals surface area contributed by atoms with Gasteiger partial charge < -0.3 is 15.0 Å². The molecule has 2 amide bonds. The number of hydrogen-bond donors (Lipinski definition) is 1. The zero-order valence-corrected chi connectivity index (χ0v) is 15.8. The number of anilines is 2. The largest absolute Gasteiger partial charge is 0.483 e. The quantitative estimate of drug-likeness (QED) is 0.652. The highest BCUT2D eigenvalue weighted by Crippen LogP contribution is 2.30. The minimum atomic E-state index is -0.367. The molecular weight excluding hydrogens is 368 g/mol. The Morgan fingerprint density at radius 1 is 1.07 bits per heavy atom. The van der Waals surface area contributed by atoms with Crippen molar-refractivity contribution >= 4 is 40.2 Å². The van der Waals surface area contributed by atoms with Gasteiger partial charge in [-0.1, -0.05) is 42.5 Å². The van der Waals surface area contributed by atoms with Crippen molar-refractivity contribution in [1.82, 2.24) is 0 Å². The number of aldehydes is 1. The smallest absolute Gasteiger partial charge is 0.262 e. The van der Waals surface area contributed by atoms with E-state index in [1.165, 1.54) is 0 Å². The molecule has 6 heteroatoms. The molecule has 0 spiro atoms. The molecule has 0 saturated carbocycles. The lowest BCUT2D eigenvalue weighted by Gasteiger charge is -2.20. The Morgan fingerprint density at radius 3 is 2.66 bits per heavy atom. The van der Waals surface area contributed by atoms with E-state index in [4.69, 9.17) is 4.74 Å². The van der Waals surface area contributed by atoms with Gasteiger partial charge in [-0.05, 0) is 35.4 Å². The molecule has 4 rings (SSSR count). The minimum Gasteiger partial charge on any atom is -0.483 e. The summed E-state index contributed by atoms with van der Waals surface area (Å²) in [5.74, 6) is 0.0423. The van der Waals surface area contributed by atoms with Crippen molar-refractivity contribution in [2.75, 3.05) is 23.4 Å². The van der Waals surface area contributed by atoms with Gasteiger partial charge in [-0.3, -0.25) is 14.4 Å². The fourth-order valence-electron chi connectivity index (χ4n) is 3.57. The van der Waals surface area contributed by atoms with Crippen LogP contribution < -0.4 is 15.0 Å². The number of benzene rings is 3. The van der Waals surface area contributed by atoms with Crippen LogP contribution in [0.4, 0.5) is 11.4 Å². The van der Waals surface area contributed by atoms with Gasteiger partial charge in [0.25, 0.3) is 5.91 Å². The Kier molecular flexibility index (Phi) is 5.24. The average Bonchev–Trinajstić information content (AvgIpc) is 3.17. The summed E-state index contributed by atoms with van der Waals surface area (Å²) in [5.41, 5.74) is 1.66. The molecule has 0 bridgehead atoms. The lowest BCUT2D eigenvalue weighted by Crippen LogP contribution is -2.27. The zero-order chi connectivity index (χ0) is 20.2. The first-order chi connectivity index (χ1) is 14.2. The number of carbonyl (C=O) groups excluding carboxylic acids is 3. The van der Waals surface area contributed by atoms with Crippen LogP contribution in [0.1, 0.15) is 23.2 Å². The summed E-state index contributed by atoms with van der Waals surface area (Å²) in [6.45, 7) is 0.392. The van der Waals surface area contributed by atoms with Crippen molar-refractivity contribution < 1.29 is 19.1 Å². The number of hydrogen-bond acceptors (Lipinski definition) is 4. The van der Waals surface area contributed by atoms with Crippen LogP contribution in [0.2, 0.25) is 0 Å². The molecule has 1 aliphatic heterocycles. The standard InChI is InChI=1S/C23H20N2O4/c26-14-18-17-7-2-1-6-16(17)11-12-21(18)29-15-22(27)24-19-8-3-4-9-20(19)25-13-5-10-23(25)28/h1-4,6-9,11-12,14H,5,10,13,15H2,(H,24,27). The van der Waals surface area contributed by atoms with E-state index in [-0.39, 0.29) is 18.4 Å². The summed E-state index contributed by atoms with van der Waals surface area (Å²) in [5, 5.41) is 4.51. The van der Waals surface area contributed by atoms with Crippen LogP contribution >= 0.6 is 0 Å². The molecule has 3 aromatic carbocycles. The number of nitrogens with zero attached hydrogens (tertiary/aromatic N) is 1. The monoisotopic (exact) mass is 388 g/mol. The normalized spacial score (nSPS) is 13.5. The number of carbonyl (C=O) groups is 3. The molecule has 0 radical (unpaired) electrons. The molecule has 0 aliphatic carbocycles. The summed E-state index contributed by atoms with van der Waals surface area (Å²) < 4.78 is 5.63. The number of fused-ring (bicyclic) bond motifs is 1. The van der Waals surface area contributed by atoms with E-state index in [0.717, 1.165) is 23.5 Å². The van der Waals surface area contributed by atoms with E-state index in [9.17, 15) is 14.4 Å². The number of amides is 2. The molecule has 0 aromatic heterocycles. The molecule has 146 valence electrons. The molecule has 0 unspecified atom stereocenters.